The molecule has 1 fully saturated rings. The molecule has 134 valence electrons. The quantitative estimate of drug-likeness (QED) is 0.886. The van der Waals surface area contributed by atoms with Crippen LogP contribution in [0.1, 0.15) is 62.6 Å². The van der Waals surface area contributed by atoms with Gasteiger partial charge in [-0.2, -0.15) is 0 Å². The summed E-state index contributed by atoms with van der Waals surface area (Å²) in [5.74, 6) is 0.370. The van der Waals surface area contributed by atoms with Gasteiger partial charge in [0.15, 0.2) is 5.65 Å². The van der Waals surface area contributed by atoms with Crippen molar-refractivity contribution in [1.29, 1.82) is 0 Å². The third kappa shape index (κ3) is 3.97. The van der Waals surface area contributed by atoms with Gasteiger partial charge in [-0.05, 0) is 25.0 Å². The summed E-state index contributed by atoms with van der Waals surface area (Å²) in [6.45, 7) is 6.12. The van der Waals surface area contributed by atoms with E-state index in [2.05, 4.69) is 20.8 Å². The van der Waals surface area contributed by atoms with Crippen molar-refractivity contribution in [1.82, 2.24) is 25.2 Å². The number of hydrogen-bond donors (Lipinski definition) is 2. The van der Waals surface area contributed by atoms with E-state index in [0.29, 0.717) is 11.2 Å². The molecule has 0 atom stereocenters. The Balaban J connectivity index is 1.66. The minimum absolute atomic E-state index is 0.0122. The molecule has 2 N–H and O–H groups in total. The summed E-state index contributed by atoms with van der Waals surface area (Å²) < 4.78 is 1.83. The van der Waals surface area contributed by atoms with Crippen molar-refractivity contribution in [2.24, 2.45) is 0 Å². The average molecular weight is 343 g/mol. The molecule has 0 spiro atoms. The fourth-order valence-electron chi connectivity index (χ4n) is 3.15. The van der Waals surface area contributed by atoms with Gasteiger partial charge in [0.2, 0.25) is 5.91 Å². The van der Waals surface area contributed by atoms with Crippen LogP contribution in [0.15, 0.2) is 18.3 Å². The molecule has 25 heavy (non-hydrogen) atoms. The van der Waals surface area contributed by atoms with Crippen molar-refractivity contribution in [3.8, 4) is 0 Å². The zero-order valence-electron chi connectivity index (χ0n) is 15.0. The fourth-order valence-corrected chi connectivity index (χ4v) is 3.15. The molecule has 0 radical (unpaired) electrons. The second kappa shape index (κ2) is 6.82. The van der Waals surface area contributed by atoms with Crippen molar-refractivity contribution in [2.75, 3.05) is 6.54 Å². The molecule has 0 saturated heterocycles. The number of pyridine rings is 1. The molecule has 7 heteroatoms. The Hall–Kier alpha value is -2.44. The van der Waals surface area contributed by atoms with Gasteiger partial charge in [0.1, 0.15) is 5.82 Å². The van der Waals surface area contributed by atoms with Crippen molar-refractivity contribution in [2.45, 2.75) is 57.9 Å². The van der Waals surface area contributed by atoms with Gasteiger partial charge in [0, 0.05) is 17.7 Å². The molecule has 2 aromatic heterocycles. The van der Waals surface area contributed by atoms with Crippen LogP contribution in [0, 0.1) is 0 Å². The summed E-state index contributed by atoms with van der Waals surface area (Å²) in [7, 11) is 0. The maximum absolute atomic E-state index is 12.4. The molecule has 2 heterocycles. The molecule has 1 aliphatic carbocycles. The van der Waals surface area contributed by atoms with Crippen molar-refractivity contribution >= 4 is 17.5 Å². The first-order chi connectivity index (χ1) is 11.8. The highest BCUT2D eigenvalue weighted by Crippen LogP contribution is 2.21. The van der Waals surface area contributed by atoms with Crippen molar-refractivity contribution in [3.05, 3.63) is 29.7 Å². The minimum atomic E-state index is -0.281. The van der Waals surface area contributed by atoms with Crippen LogP contribution in [0.25, 0.3) is 5.65 Å². The van der Waals surface area contributed by atoms with Crippen molar-refractivity contribution < 1.29 is 9.59 Å². The number of amides is 2. The number of nitrogens with one attached hydrogen (secondary N) is 2. The highest BCUT2D eigenvalue weighted by Gasteiger charge is 2.22. The average Bonchev–Trinajstić information content (AvgIpc) is 3.20. The molecule has 0 bridgehead atoms. The van der Waals surface area contributed by atoms with Crippen LogP contribution in [0.3, 0.4) is 0 Å². The van der Waals surface area contributed by atoms with Crippen LogP contribution in [0.2, 0.25) is 0 Å². The zero-order chi connectivity index (χ0) is 18.0. The Bertz CT molecular complexity index is 784. The molecule has 0 aromatic carbocycles. The van der Waals surface area contributed by atoms with Gasteiger partial charge < -0.3 is 10.6 Å². The van der Waals surface area contributed by atoms with Gasteiger partial charge in [-0.3, -0.25) is 14.0 Å². The summed E-state index contributed by atoms with van der Waals surface area (Å²) in [5.41, 5.74) is 0.988. The molecule has 1 saturated carbocycles. The molecule has 3 rings (SSSR count). The predicted molar refractivity (Wildman–Crippen MR) is 94.4 cm³/mol. The number of hydrogen-bond acceptors (Lipinski definition) is 4. The summed E-state index contributed by atoms with van der Waals surface area (Å²) >= 11 is 0. The monoisotopic (exact) mass is 343 g/mol. The van der Waals surface area contributed by atoms with Gasteiger partial charge in [-0.1, -0.05) is 33.6 Å². The van der Waals surface area contributed by atoms with E-state index < -0.39 is 0 Å². The van der Waals surface area contributed by atoms with E-state index >= 15 is 0 Å². The minimum Gasteiger partial charge on any atom is -0.352 e. The van der Waals surface area contributed by atoms with E-state index in [0.717, 1.165) is 31.5 Å². The Morgan fingerprint density at radius 3 is 2.60 bits per heavy atom. The van der Waals surface area contributed by atoms with E-state index in [9.17, 15) is 9.59 Å². The Morgan fingerprint density at radius 1 is 1.20 bits per heavy atom. The summed E-state index contributed by atoms with van der Waals surface area (Å²) in [6.07, 6.45) is 6.10. The molecule has 2 aromatic rings. The number of aromatic nitrogens is 3. The van der Waals surface area contributed by atoms with Gasteiger partial charge >= 0.3 is 0 Å². The normalized spacial score (nSPS) is 15.5. The lowest BCUT2D eigenvalue weighted by atomic mass is 9.96. The lowest BCUT2D eigenvalue weighted by molar-refractivity contribution is -0.120. The molecular weight excluding hydrogens is 318 g/mol. The van der Waals surface area contributed by atoms with E-state index in [1.54, 1.807) is 18.3 Å². The van der Waals surface area contributed by atoms with Crippen molar-refractivity contribution in [3.63, 3.8) is 0 Å². The first-order valence-electron chi connectivity index (χ1n) is 8.77. The Labute approximate surface area is 147 Å². The zero-order valence-corrected chi connectivity index (χ0v) is 15.0. The molecular formula is C18H25N5O2. The number of nitrogens with zero attached hydrogens (tertiary/aromatic N) is 3. The van der Waals surface area contributed by atoms with E-state index in [4.69, 9.17) is 0 Å². The number of fused-ring (bicyclic) bond motifs is 1. The summed E-state index contributed by atoms with van der Waals surface area (Å²) in [5, 5.41) is 14.0. The number of carbonyl (C=O) groups is 2. The molecule has 7 nitrogen and oxygen atoms in total. The first-order valence-corrected chi connectivity index (χ1v) is 8.77. The highest BCUT2D eigenvalue weighted by molar-refractivity contribution is 5.96. The SMILES string of the molecule is CC(C)(C)c1nnc2ccc(C(=O)NCC(=O)NC3CCCC3)cn12. The second-order valence-electron chi connectivity index (χ2n) is 7.65. The third-order valence-corrected chi connectivity index (χ3v) is 4.47. The maximum Gasteiger partial charge on any atom is 0.253 e. The van der Waals surface area contributed by atoms with Crippen LogP contribution in [0.4, 0.5) is 0 Å². The van der Waals surface area contributed by atoms with E-state index in [-0.39, 0.29) is 29.8 Å². The lowest BCUT2D eigenvalue weighted by Crippen LogP contribution is -2.41. The molecule has 2 amide bonds. The molecule has 0 aliphatic heterocycles. The second-order valence-corrected chi connectivity index (χ2v) is 7.65. The van der Waals surface area contributed by atoms with E-state index in [1.165, 1.54) is 0 Å². The fraction of sp³-hybridized carbons (Fsp3) is 0.556. The largest absolute Gasteiger partial charge is 0.352 e. The Morgan fingerprint density at radius 2 is 1.92 bits per heavy atom. The van der Waals surface area contributed by atoms with Gasteiger partial charge in [-0.25, -0.2) is 0 Å². The van der Waals surface area contributed by atoms with Crippen LogP contribution in [0.5, 0.6) is 0 Å². The molecule has 0 unspecified atom stereocenters. The van der Waals surface area contributed by atoms with Crippen LogP contribution in [-0.2, 0) is 10.2 Å². The summed E-state index contributed by atoms with van der Waals surface area (Å²) in [4.78, 5) is 24.3. The third-order valence-electron chi connectivity index (χ3n) is 4.47. The highest BCUT2D eigenvalue weighted by atomic mass is 16.2. The van der Waals surface area contributed by atoms with Gasteiger partial charge in [-0.15, -0.1) is 10.2 Å². The molecule has 1 aliphatic rings. The van der Waals surface area contributed by atoms with E-state index in [1.807, 2.05) is 25.2 Å². The standard InChI is InChI=1S/C18H25N5O2/c1-18(2,3)17-22-21-14-9-8-12(11-23(14)17)16(25)19-10-15(24)20-13-6-4-5-7-13/h8-9,11,13H,4-7,10H2,1-3H3,(H,19,25)(H,20,24). The van der Waals surface area contributed by atoms with Crippen LogP contribution in [-0.4, -0.2) is 39.0 Å². The van der Waals surface area contributed by atoms with Gasteiger partial charge in [0.25, 0.3) is 5.91 Å². The summed E-state index contributed by atoms with van der Waals surface area (Å²) in [6, 6.07) is 3.71. The Kier molecular flexibility index (Phi) is 4.74. The van der Waals surface area contributed by atoms with Crippen LogP contribution < -0.4 is 10.6 Å². The number of carbonyl (C=O) groups excluding carboxylic acids is 2. The maximum atomic E-state index is 12.4. The predicted octanol–water partition coefficient (Wildman–Crippen LogP) is 1.82. The smallest absolute Gasteiger partial charge is 0.253 e. The van der Waals surface area contributed by atoms with Gasteiger partial charge in [0.05, 0.1) is 12.1 Å². The first kappa shape index (κ1) is 17.4. The lowest BCUT2D eigenvalue weighted by Gasteiger charge is -2.16. The van der Waals surface area contributed by atoms with Crippen LogP contribution >= 0.6 is 0 Å². The topological polar surface area (TPSA) is 88.4 Å². The number of rotatable bonds is 4.